The van der Waals surface area contributed by atoms with Gasteiger partial charge in [-0.25, -0.2) is 4.98 Å². The van der Waals surface area contributed by atoms with E-state index in [4.69, 9.17) is 11.6 Å². The fourth-order valence-electron chi connectivity index (χ4n) is 1.63. The van der Waals surface area contributed by atoms with Gasteiger partial charge < -0.3 is 5.32 Å². The van der Waals surface area contributed by atoms with Crippen LogP contribution in [0.5, 0.6) is 0 Å². The number of nitrogens with zero attached hydrogens (tertiary/aromatic N) is 1. The first kappa shape index (κ1) is 16.5. The number of aromatic nitrogens is 1. The number of halogens is 1. The van der Waals surface area contributed by atoms with Gasteiger partial charge in [-0.05, 0) is 31.5 Å². The molecule has 1 aromatic carbocycles. The van der Waals surface area contributed by atoms with Crippen LogP contribution < -0.4 is 10.6 Å². The van der Waals surface area contributed by atoms with Crippen LogP contribution >= 0.6 is 22.9 Å². The molecule has 116 valence electrons. The van der Waals surface area contributed by atoms with E-state index in [2.05, 4.69) is 15.6 Å². The molecule has 0 aliphatic rings. The molecule has 0 aliphatic carbocycles. The van der Waals surface area contributed by atoms with Crippen LogP contribution in [0, 0.1) is 0 Å². The molecule has 7 heteroatoms. The molecule has 1 heterocycles. The topological polar surface area (TPSA) is 71.1 Å². The third kappa shape index (κ3) is 4.29. The minimum atomic E-state index is -0.314. The number of benzene rings is 1. The normalized spacial score (nSPS) is 11.8. The number of thiazole rings is 1. The second-order valence-electron chi connectivity index (χ2n) is 4.79. The first-order valence-electron chi connectivity index (χ1n) is 6.83. The molecule has 0 aliphatic heterocycles. The minimum absolute atomic E-state index is 0.0821. The van der Waals surface area contributed by atoms with Gasteiger partial charge in [0.05, 0.1) is 0 Å². The van der Waals surface area contributed by atoms with Crippen LogP contribution in [0.4, 0.5) is 5.13 Å². The highest BCUT2D eigenvalue weighted by atomic mass is 35.5. The SMILES string of the molecule is CCC(C)NC(=O)c1csc(NC(=O)c2cccc(Cl)c2)n1. The van der Waals surface area contributed by atoms with Gasteiger partial charge >= 0.3 is 0 Å². The lowest BCUT2D eigenvalue weighted by atomic mass is 10.2. The average molecular weight is 338 g/mol. The van der Waals surface area contributed by atoms with Crippen molar-refractivity contribution < 1.29 is 9.59 Å². The quantitative estimate of drug-likeness (QED) is 0.876. The van der Waals surface area contributed by atoms with Gasteiger partial charge in [-0.1, -0.05) is 24.6 Å². The van der Waals surface area contributed by atoms with E-state index in [9.17, 15) is 9.59 Å². The third-order valence-electron chi connectivity index (χ3n) is 3.03. The molecule has 0 fully saturated rings. The molecule has 2 N–H and O–H groups in total. The Hall–Kier alpha value is -1.92. The number of carbonyl (C=O) groups excluding carboxylic acids is 2. The van der Waals surface area contributed by atoms with E-state index < -0.39 is 0 Å². The van der Waals surface area contributed by atoms with Gasteiger partial charge in [0.25, 0.3) is 11.8 Å². The lowest BCUT2D eigenvalue weighted by Gasteiger charge is -2.09. The minimum Gasteiger partial charge on any atom is -0.348 e. The van der Waals surface area contributed by atoms with Crippen molar-refractivity contribution in [2.75, 3.05) is 5.32 Å². The van der Waals surface area contributed by atoms with Crippen LogP contribution in [0.15, 0.2) is 29.6 Å². The Kier molecular flexibility index (Phi) is 5.51. The third-order valence-corrected chi connectivity index (χ3v) is 4.03. The average Bonchev–Trinajstić information content (AvgIpc) is 2.95. The number of nitrogens with one attached hydrogen (secondary N) is 2. The number of rotatable bonds is 5. The van der Waals surface area contributed by atoms with Crippen LogP contribution in [-0.2, 0) is 0 Å². The van der Waals surface area contributed by atoms with Gasteiger partial charge in [-0.3, -0.25) is 14.9 Å². The highest BCUT2D eigenvalue weighted by molar-refractivity contribution is 7.14. The molecule has 0 saturated heterocycles. The molecular formula is C15H16ClN3O2S. The van der Waals surface area contributed by atoms with Crippen LogP contribution in [0.25, 0.3) is 0 Å². The van der Waals surface area contributed by atoms with E-state index >= 15 is 0 Å². The maximum Gasteiger partial charge on any atom is 0.271 e. The number of carbonyl (C=O) groups is 2. The van der Waals surface area contributed by atoms with Crippen LogP contribution in [0.1, 0.15) is 41.1 Å². The molecule has 1 aromatic heterocycles. The molecule has 1 unspecified atom stereocenters. The summed E-state index contributed by atoms with van der Waals surface area (Å²) in [6.07, 6.45) is 0.842. The summed E-state index contributed by atoms with van der Waals surface area (Å²) in [5.41, 5.74) is 0.736. The van der Waals surface area contributed by atoms with Crippen molar-refractivity contribution in [1.29, 1.82) is 0 Å². The van der Waals surface area contributed by atoms with Gasteiger partial charge in [-0.15, -0.1) is 11.3 Å². The van der Waals surface area contributed by atoms with Gasteiger partial charge in [-0.2, -0.15) is 0 Å². The molecule has 0 bridgehead atoms. The lowest BCUT2D eigenvalue weighted by molar-refractivity contribution is 0.0933. The number of anilines is 1. The fraction of sp³-hybridized carbons (Fsp3) is 0.267. The monoisotopic (exact) mass is 337 g/mol. The van der Waals surface area contributed by atoms with E-state index in [0.29, 0.717) is 21.4 Å². The second kappa shape index (κ2) is 7.38. The van der Waals surface area contributed by atoms with E-state index in [0.717, 1.165) is 6.42 Å². The summed E-state index contributed by atoms with van der Waals surface area (Å²) in [5, 5.41) is 7.96. The summed E-state index contributed by atoms with van der Waals surface area (Å²) < 4.78 is 0. The first-order chi connectivity index (χ1) is 10.5. The van der Waals surface area contributed by atoms with Crippen molar-refractivity contribution in [3.8, 4) is 0 Å². The van der Waals surface area contributed by atoms with Crippen molar-refractivity contribution in [2.24, 2.45) is 0 Å². The fourth-order valence-corrected chi connectivity index (χ4v) is 2.51. The van der Waals surface area contributed by atoms with Crippen molar-refractivity contribution >= 4 is 39.9 Å². The summed E-state index contributed by atoms with van der Waals surface area (Å²) in [4.78, 5) is 28.1. The first-order valence-corrected chi connectivity index (χ1v) is 8.08. The van der Waals surface area contributed by atoms with E-state index in [1.807, 2.05) is 13.8 Å². The molecule has 22 heavy (non-hydrogen) atoms. The molecule has 2 aromatic rings. The Morgan fingerprint density at radius 3 is 2.82 bits per heavy atom. The summed E-state index contributed by atoms with van der Waals surface area (Å²) in [5.74, 6) is -0.556. The lowest BCUT2D eigenvalue weighted by Crippen LogP contribution is -2.32. The van der Waals surface area contributed by atoms with E-state index in [1.165, 1.54) is 11.3 Å². The zero-order valence-corrected chi connectivity index (χ0v) is 13.8. The van der Waals surface area contributed by atoms with Gasteiger partial charge in [0.15, 0.2) is 5.13 Å². The number of hydrogen-bond donors (Lipinski definition) is 2. The zero-order chi connectivity index (χ0) is 16.1. The molecule has 0 saturated carbocycles. The maximum atomic E-state index is 12.1. The highest BCUT2D eigenvalue weighted by Crippen LogP contribution is 2.18. The summed E-state index contributed by atoms with van der Waals surface area (Å²) in [6, 6.07) is 6.70. The predicted octanol–water partition coefficient (Wildman–Crippen LogP) is 3.58. The Bertz CT molecular complexity index is 687. The summed E-state index contributed by atoms with van der Waals surface area (Å²) >= 11 is 7.06. The molecule has 5 nitrogen and oxygen atoms in total. The smallest absolute Gasteiger partial charge is 0.271 e. The van der Waals surface area contributed by atoms with Gasteiger partial charge in [0.2, 0.25) is 0 Å². The molecular weight excluding hydrogens is 322 g/mol. The van der Waals surface area contributed by atoms with Crippen LogP contribution in [0.3, 0.4) is 0 Å². The van der Waals surface area contributed by atoms with Crippen LogP contribution in [-0.4, -0.2) is 22.8 Å². The molecule has 0 radical (unpaired) electrons. The van der Waals surface area contributed by atoms with Gasteiger partial charge in [0.1, 0.15) is 5.69 Å². The largest absolute Gasteiger partial charge is 0.348 e. The molecule has 2 amide bonds. The summed E-state index contributed by atoms with van der Waals surface area (Å²) in [6.45, 7) is 3.91. The van der Waals surface area contributed by atoms with E-state index in [-0.39, 0.29) is 17.9 Å². The maximum absolute atomic E-state index is 12.1. The van der Waals surface area contributed by atoms with Crippen LogP contribution in [0.2, 0.25) is 5.02 Å². The number of amides is 2. The molecule has 0 spiro atoms. The van der Waals surface area contributed by atoms with Crippen molar-refractivity contribution in [2.45, 2.75) is 26.3 Å². The Morgan fingerprint density at radius 1 is 1.36 bits per heavy atom. The second-order valence-corrected chi connectivity index (χ2v) is 6.08. The Labute approximate surface area is 137 Å². The highest BCUT2D eigenvalue weighted by Gasteiger charge is 2.14. The summed E-state index contributed by atoms with van der Waals surface area (Å²) in [7, 11) is 0. The Morgan fingerprint density at radius 2 is 2.14 bits per heavy atom. The van der Waals surface area contributed by atoms with Crippen molar-refractivity contribution in [3.05, 3.63) is 45.9 Å². The number of hydrogen-bond acceptors (Lipinski definition) is 4. The van der Waals surface area contributed by atoms with Crippen molar-refractivity contribution in [1.82, 2.24) is 10.3 Å². The molecule has 2 rings (SSSR count). The van der Waals surface area contributed by atoms with Crippen molar-refractivity contribution in [3.63, 3.8) is 0 Å². The van der Waals surface area contributed by atoms with E-state index in [1.54, 1.807) is 29.6 Å². The van der Waals surface area contributed by atoms with Gasteiger partial charge in [0, 0.05) is 22.0 Å². The zero-order valence-electron chi connectivity index (χ0n) is 12.2. The molecule has 1 atom stereocenters. The predicted molar refractivity (Wildman–Crippen MR) is 88.7 cm³/mol. The standard InChI is InChI=1S/C15H16ClN3O2S/c1-3-9(2)17-14(21)12-8-22-15(18-12)19-13(20)10-5-4-6-11(16)7-10/h4-9H,3H2,1-2H3,(H,17,21)(H,18,19,20). The Balaban J connectivity index is 2.03.